The van der Waals surface area contributed by atoms with Gasteiger partial charge in [-0.05, 0) is 25.2 Å². The predicted octanol–water partition coefficient (Wildman–Crippen LogP) is 1.95. The van der Waals surface area contributed by atoms with Gasteiger partial charge >= 0.3 is 0 Å². The second kappa shape index (κ2) is 9.39. The summed E-state index contributed by atoms with van der Waals surface area (Å²) in [6.07, 6.45) is 3.48. The number of likely N-dealkylation sites (N-methyl/N-ethyl adjacent to an activating group) is 1. The van der Waals surface area contributed by atoms with E-state index in [0.717, 1.165) is 5.56 Å². The summed E-state index contributed by atoms with van der Waals surface area (Å²) in [4.78, 5) is 12.2. The van der Waals surface area contributed by atoms with Gasteiger partial charge in [-0.1, -0.05) is 17.7 Å². The minimum Gasteiger partial charge on any atom is -0.492 e. The summed E-state index contributed by atoms with van der Waals surface area (Å²) in [5.74, 6) is 0.560. The van der Waals surface area contributed by atoms with Crippen molar-refractivity contribution < 1.29 is 9.53 Å². The number of carbonyl (C=O) groups excluding carboxylic acids is 1. The molecule has 0 aliphatic carbocycles. The fourth-order valence-electron chi connectivity index (χ4n) is 2.04. The molecule has 0 spiro atoms. The average molecular weight is 359 g/mol. The molecule has 0 aliphatic heterocycles. The van der Waals surface area contributed by atoms with Gasteiger partial charge in [-0.15, -0.1) is 12.4 Å². The number of hydrogen-bond donors (Lipinski definition) is 2. The second-order valence-electron chi connectivity index (χ2n) is 4.77. The summed E-state index contributed by atoms with van der Waals surface area (Å²) in [6, 6.07) is 6.71. The molecule has 126 valence electrons. The van der Waals surface area contributed by atoms with Gasteiger partial charge in [-0.2, -0.15) is 5.10 Å². The van der Waals surface area contributed by atoms with Gasteiger partial charge in [-0.25, -0.2) is 0 Å². The number of nitrogens with zero attached hydrogens (tertiary/aromatic N) is 2. The van der Waals surface area contributed by atoms with Crippen LogP contribution in [0.4, 0.5) is 0 Å². The Hall–Kier alpha value is -1.76. The highest BCUT2D eigenvalue weighted by atomic mass is 35.5. The van der Waals surface area contributed by atoms with Crippen LogP contribution in [0.1, 0.15) is 11.6 Å². The molecule has 0 aliphatic rings. The number of nitrogens with one attached hydrogen (secondary N) is 2. The fraction of sp³-hybridized carbons (Fsp3) is 0.333. The zero-order chi connectivity index (χ0) is 15.9. The van der Waals surface area contributed by atoms with Crippen LogP contribution in [0.2, 0.25) is 5.02 Å². The SMILES string of the molecule is CNC(C(=O)NCCOc1cccc(Cl)c1)c1cnn(C)c1.Cl. The van der Waals surface area contributed by atoms with E-state index in [2.05, 4.69) is 15.7 Å². The Kier molecular flexibility index (Phi) is 7.88. The van der Waals surface area contributed by atoms with Crippen LogP contribution in [0.5, 0.6) is 5.75 Å². The van der Waals surface area contributed by atoms with Crippen molar-refractivity contribution in [2.75, 3.05) is 20.2 Å². The van der Waals surface area contributed by atoms with Gasteiger partial charge < -0.3 is 15.4 Å². The van der Waals surface area contributed by atoms with Gasteiger partial charge in [0.15, 0.2) is 0 Å². The molecule has 6 nitrogen and oxygen atoms in total. The molecule has 0 fully saturated rings. The molecule has 0 radical (unpaired) electrons. The summed E-state index contributed by atoms with van der Waals surface area (Å²) < 4.78 is 7.19. The average Bonchev–Trinajstić information content (AvgIpc) is 2.91. The third-order valence-corrected chi connectivity index (χ3v) is 3.31. The minimum absolute atomic E-state index is 0. The molecule has 0 saturated carbocycles. The van der Waals surface area contributed by atoms with Gasteiger partial charge in [0, 0.05) is 23.8 Å². The molecule has 1 unspecified atom stereocenters. The first kappa shape index (κ1) is 19.3. The van der Waals surface area contributed by atoms with Crippen molar-refractivity contribution in [3.63, 3.8) is 0 Å². The molecule has 1 atom stereocenters. The van der Waals surface area contributed by atoms with E-state index in [1.54, 1.807) is 30.1 Å². The predicted molar refractivity (Wildman–Crippen MR) is 92.2 cm³/mol. The van der Waals surface area contributed by atoms with E-state index in [-0.39, 0.29) is 18.3 Å². The molecule has 8 heteroatoms. The molecule has 2 aromatic rings. The number of halogens is 2. The molecule has 1 aromatic heterocycles. The lowest BCUT2D eigenvalue weighted by Gasteiger charge is -2.14. The third-order valence-electron chi connectivity index (χ3n) is 3.08. The fourth-order valence-corrected chi connectivity index (χ4v) is 2.22. The molecule has 23 heavy (non-hydrogen) atoms. The Morgan fingerprint density at radius 2 is 2.26 bits per heavy atom. The second-order valence-corrected chi connectivity index (χ2v) is 5.20. The van der Waals surface area contributed by atoms with Crippen molar-refractivity contribution in [3.8, 4) is 5.75 Å². The van der Waals surface area contributed by atoms with Crippen molar-refractivity contribution in [1.29, 1.82) is 0 Å². The molecule has 1 aromatic carbocycles. The van der Waals surface area contributed by atoms with Gasteiger partial charge in [0.25, 0.3) is 0 Å². The first-order chi connectivity index (χ1) is 10.6. The van der Waals surface area contributed by atoms with E-state index >= 15 is 0 Å². The zero-order valence-corrected chi connectivity index (χ0v) is 14.5. The monoisotopic (exact) mass is 358 g/mol. The van der Waals surface area contributed by atoms with Crippen LogP contribution in [0.15, 0.2) is 36.7 Å². The molecule has 0 saturated heterocycles. The standard InChI is InChI=1S/C15H19ClN4O2.ClH/c1-17-14(11-9-19-20(2)10-11)15(21)18-6-7-22-13-5-3-4-12(16)8-13;/h3-5,8-10,14,17H,6-7H2,1-2H3,(H,18,21);1H. The summed E-state index contributed by atoms with van der Waals surface area (Å²) in [7, 11) is 3.55. The first-order valence-electron chi connectivity index (χ1n) is 6.92. The van der Waals surface area contributed by atoms with Gasteiger partial charge in [0.2, 0.25) is 5.91 Å². The van der Waals surface area contributed by atoms with E-state index in [0.29, 0.717) is 23.9 Å². The Morgan fingerprint density at radius 1 is 1.48 bits per heavy atom. The Labute approximate surface area is 146 Å². The van der Waals surface area contributed by atoms with Crippen LogP contribution in [0.3, 0.4) is 0 Å². The third kappa shape index (κ3) is 5.74. The molecule has 2 rings (SSSR count). The number of aromatic nitrogens is 2. The molecule has 1 amide bonds. The lowest BCUT2D eigenvalue weighted by atomic mass is 10.1. The number of benzene rings is 1. The van der Waals surface area contributed by atoms with Gasteiger partial charge in [0.1, 0.15) is 18.4 Å². The van der Waals surface area contributed by atoms with Crippen molar-refractivity contribution in [2.45, 2.75) is 6.04 Å². The number of rotatable bonds is 7. The maximum Gasteiger partial charge on any atom is 0.241 e. The number of carbonyl (C=O) groups is 1. The van der Waals surface area contributed by atoms with Crippen molar-refractivity contribution >= 4 is 29.9 Å². The molecular formula is C15H20Cl2N4O2. The van der Waals surface area contributed by atoms with Crippen LogP contribution in [0.25, 0.3) is 0 Å². The highest BCUT2D eigenvalue weighted by Gasteiger charge is 2.19. The topological polar surface area (TPSA) is 68.2 Å². The normalized spacial score (nSPS) is 11.4. The Balaban J connectivity index is 0.00000264. The van der Waals surface area contributed by atoms with Gasteiger partial charge in [-0.3, -0.25) is 9.48 Å². The molecule has 0 bridgehead atoms. The Bertz CT molecular complexity index is 633. The maximum absolute atomic E-state index is 12.2. The number of ether oxygens (including phenoxy) is 1. The van der Waals surface area contributed by atoms with E-state index in [1.165, 1.54) is 0 Å². The summed E-state index contributed by atoms with van der Waals surface area (Å²) in [6.45, 7) is 0.777. The summed E-state index contributed by atoms with van der Waals surface area (Å²) in [5, 5.41) is 10.5. The lowest BCUT2D eigenvalue weighted by molar-refractivity contribution is -0.123. The minimum atomic E-state index is -0.431. The molecular weight excluding hydrogens is 339 g/mol. The van der Waals surface area contributed by atoms with Crippen LogP contribution >= 0.6 is 24.0 Å². The summed E-state index contributed by atoms with van der Waals surface area (Å²) >= 11 is 5.87. The largest absolute Gasteiger partial charge is 0.492 e. The van der Waals surface area contributed by atoms with Crippen LogP contribution in [0, 0.1) is 0 Å². The number of amides is 1. The zero-order valence-electron chi connectivity index (χ0n) is 13.0. The van der Waals surface area contributed by atoms with Gasteiger partial charge in [0.05, 0.1) is 12.7 Å². The van der Waals surface area contributed by atoms with E-state index in [4.69, 9.17) is 16.3 Å². The highest BCUT2D eigenvalue weighted by Crippen LogP contribution is 2.16. The highest BCUT2D eigenvalue weighted by molar-refractivity contribution is 6.30. The first-order valence-corrected chi connectivity index (χ1v) is 7.30. The van der Waals surface area contributed by atoms with Crippen LogP contribution in [-0.2, 0) is 11.8 Å². The van der Waals surface area contributed by atoms with Crippen LogP contribution in [-0.4, -0.2) is 35.9 Å². The summed E-state index contributed by atoms with van der Waals surface area (Å²) in [5.41, 5.74) is 0.818. The number of hydrogen-bond acceptors (Lipinski definition) is 4. The van der Waals surface area contributed by atoms with Crippen LogP contribution < -0.4 is 15.4 Å². The lowest BCUT2D eigenvalue weighted by Crippen LogP contribution is -2.37. The van der Waals surface area contributed by atoms with Crippen molar-refractivity contribution in [3.05, 3.63) is 47.2 Å². The maximum atomic E-state index is 12.2. The smallest absolute Gasteiger partial charge is 0.241 e. The molecule has 2 N–H and O–H groups in total. The quantitative estimate of drug-likeness (QED) is 0.742. The van der Waals surface area contributed by atoms with Crippen molar-refractivity contribution in [2.24, 2.45) is 7.05 Å². The number of aryl methyl sites for hydroxylation is 1. The van der Waals surface area contributed by atoms with E-state index in [1.807, 2.05) is 25.4 Å². The Morgan fingerprint density at radius 3 is 2.87 bits per heavy atom. The van der Waals surface area contributed by atoms with E-state index in [9.17, 15) is 4.79 Å². The molecule has 1 heterocycles. The van der Waals surface area contributed by atoms with Crippen molar-refractivity contribution in [1.82, 2.24) is 20.4 Å². The van der Waals surface area contributed by atoms with E-state index < -0.39 is 6.04 Å².